The van der Waals surface area contributed by atoms with Crippen LogP contribution >= 0.6 is 0 Å². The lowest BCUT2D eigenvalue weighted by molar-refractivity contribution is -0.152. The van der Waals surface area contributed by atoms with E-state index in [2.05, 4.69) is 11.8 Å². The summed E-state index contributed by atoms with van der Waals surface area (Å²) in [5, 5.41) is 0. The van der Waals surface area contributed by atoms with Crippen LogP contribution in [0.25, 0.3) is 0 Å². The van der Waals surface area contributed by atoms with Gasteiger partial charge >= 0.3 is 5.97 Å². The Balaban J connectivity index is 2.55. The third kappa shape index (κ3) is 3.68. The summed E-state index contributed by atoms with van der Waals surface area (Å²) in [5.74, 6) is 0.414. The maximum absolute atomic E-state index is 11.6. The summed E-state index contributed by atoms with van der Waals surface area (Å²) in [6, 6.07) is 0.317. The van der Waals surface area contributed by atoms with Gasteiger partial charge in [0.05, 0.1) is 12.5 Å². The molecular weight excluding hydrogens is 216 g/mol. The van der Waals surface area contributed by atoms with E-state index in [1.165, 1.54) is 7.11 Å². The number of carbonyl (C=O) groups excluding carboxylic acids is 1. The molecule has 0 bridgehead atoms. The first-order valence-corrected chi connectivity index (χ1v) is 6.47. The quantitative estimate of drug-likeness (QED) is 0.754. The molecule has 0 radical (unpaired) electrons. The van der Waals surface area contributed by atoms with Gasteiger partial charge < -0.3 is 15.4 Å². The lowest BCUT2D eigenvalue weighted by atomic mass is 9.87. The first-order chi connectivity index (χ1) is 7.90. The van der Waals surface area contributed by atoms with Crippen molar-refractivity contribution in [1.29, 1.82) is 0 Å². The molecule has 1 heterocycles. The van der Waals surface area contributed by atoms with E-state index in [0.29, 0.717) is 12.0 Å². The molecule has 2 N–H and O–H groups in total. The molecule has 0 amide bonds. The molecule has 0 aromatic rings. The number of nitrogens with two attached hydrogens (primary N) is 1. The van der Waals surface area contributed by atoms with Gasteiger partial charge in [0, 0.05) is 19.1 Å². The van der Waals surface area contributed by atoms with Crippen LogP contribution in [0.15, 0.2) is 0 Å². The Bertz CT molecular complexity index is 266. The van der Waals surface area contributed by atoms with Crippen molar-refractivity contribution in [1.82, 2.24) is 4.90 Å². The van der Waals surface area contributed by atoms with Gasteiger partial charge in [-0.2, -0.15) is 0 Å². The summed E-state index contributed by atoms with van der Waals surface area (Å²) in [4.78, 5) is 14.0. The second kappa shape index (κ2) is 5.83. The number of methoxy groups -OCH3 is 1. The largest absolute Gasteiger partial charge is 0.469 e. The lowest BCUT2D eigenvalue weighted by Gasteiger charge is -2.39. The minimum atomic E-state index is -0.436. The van der Waals surface area contributed by atoms with Crippen LogP contribution in [0.3, 0.4) is 0 Å². The number of nitrogens with zero attached hydrogens (tertiary/aromatic N) is 1. The molecule has 100 valence electrons. The van der Waals surface area contributed by atoms with Crippen molar-refractivity contribution in [2.75, 3.05) is 26.7 Å². The average Bonchev–Trinajstić information content (AvgIpc) is 2.30. The summed E-state index contributed by atoms with van der Waals surface area (Å²) in [6.45, 7) is 8.79. The molecule has 0 spiro atoms. The second-order valence-corrected chi connectivity index (χ2v) is 5.73. The fourth-order valence-electron chi connectivity index (χ4n) is 2.60. The Morgan fingerprint density at radius 2 is 2.18 bits per heavy atom. The number of ether oxygens (including phenoxy) is 1. The molecule has 4 nitrogen and oxygen atoms in total. The van der Waals surface area contributed by atoms with Crippen molar-refractivity contribution >= 4 is 5.97 Å². The normalized spacial score (nSPS) is 26.9. The number of hydrogen-bond acceptors (Lipinski definition) is 4. The zero-order valence-corrected chi connectivity index (χ0v) is 11.5. The molecule has 1 aliphatic rings. The van der Waals surface area contributed by atoms with Crippen molar-refractivity contribution in [3.63, 3.8) is 0 Å². The Hall–Kier alpha value is -0.610. The van der Waals surface area contributed by atoms with E-state index < -0.39 is 5.41 Å². The van der Waals surface area contributed by atoms with Crippen LogP contribution in [-0.2, 0) is 9.53 Å². The van der Waals surface area contributed by atoms with E-state index in [-0.39, 0.29) is 5.97 Å². The zero-order valence-electron chi connectivity index (χ0n) is 11.5. The van der Waals surface area contributed by atoms with Crippen LogP contribution in [0, 0.1) is 11.3 Å². The Kier molecular flexibility index (Phi) is 4.95. The van der Waals surface area contributed by atoms with Gasteiger partial charge in [-0.05, 0) is 32.7 Å². The van der Waals surface area contributed by atoms with Gasteiger partial charge in [-0.25, -0.2) is 0 Å². The van der Waals surface area contributed by atoms with Crippen molar-refractivity contribution in [3.8, 4) is 0 Å². The smallest absolute Gasteiger partial charge is 0.312 e. The molecular formula is C13H26N2O2. The molecule has 0 aromatic carbocycles. The maximum atomic E-state index is 11.6. The van der Waals surface area contributed by atoms with Crippen LogP contribution in [0.5, 0.6) is 0 Å². The SMILES string of the molecule is CCC1CN(CC(C)(C)C(=O)OC)CCC1N. The lowest BCUT2D eigenvalue weighted by Crippen LogP contribution is -2.50. The Morgan fingerprint density at radius 1 is 1.53 bits per heavy atom. The van der Waals surface area contributed by atoms with Gasteiger partial charge in [0.2, 0.25) is 0 Å². The standard InChI is InChI=1S/C13H26N2O2/c1-5-10-8-15(7-6-11(10)14)9-13(2,3)12(16)17-4/h10-11H,5-9,14H2,1-4H3. The zero-order chi connectivity index (χ0) is 13.1. The minimum Gasteiger partial charge on any atom is -0.469 e. The number of esters is 1. The van der Waals surface area contributed by atoms with Gasteiger partial charge in [-0.3, -0.25) is 4.79 Å². The van der Waals surface area contributed by atoms with Crippen molar-refractivity contribution in [3.05, 3.63) is 0 Å². The highest BCUT2D eigenvalue weighted by atomic mass is 16.5. The topological polar surface area (TPSA) is 55.6 Å². The summed E-state index contributed by atoms with van der Waals surface area (Å²) in [6.07, 6.45) is 2.13. The Labute approximate surface area is 104 Å². The maximum Gasteiger partial charge on any atom is 0.312 e. The van der Waals surface area contributed by atoms with Crippen molar-refractivity contribution in [2.45, 2.75) is 39.7 Å². The fraction of sp³-hybridized carbons (Fsp3) is 0.923. The molecule has 0 aliphatic carbocycles. The van der Waals surface area contributed by atoms with Crippen LogP contribution in [0.4, 0.5) is 0 Å². The van der Waals surface area contributed by atoms with Gasteiger partial charge in [0.15, 0.2) is 0 Å². The van der Waals surface area contributed by atoms with Crippen LogP contribution in [0.1, 0.15) is 33.6 Å². The van der Waals surface area contributed by atoms with E-state index in [1.807, 2.05) is 13.8 Å². The molecule has 0 saturated carbocycles. The van der Waals surface area contributed by atoms with Crippen molar-refractivity contribution < 1.29 is 9.53 Å². The number of hydrogen-bond donors (Lipinski definition) is 1. The highest BCUT2D eigenvalue weighted by Crippen LogP contribution is 2.24. The van der Waals surface area contributed by atoms with Crippen LogP contribution < -0.4 is 5.73 Å². The molecule has 1 rings (SSSR count). The average molecular weight is 242 g/mol. The Morgan fingerprint density at radius 3 is 2.71 bits per heavy atom. The summed E-state index contributed by atoms with van der Waals surface area (Å²) >= 11 is 0. The summed E-state index contributed by atoms with van der Waals surface area (Å²) in [5.41, 5.74) is 5.65. The highest BCUT2D eigenvalue weighted by Gasteiger charge is 2.34. The molecule has 4 heteroatoms. The molecule has 17 heavy (non-hydrogen) atoms. The third-order valence-corrected chi connectivity index (χ3v) is 3.76. The number of piperidine rings is 1. The van der Waals surface area contributed by atoms with E-state index in [9.17, 15) is 4.79 Å². The first kappa shape index (κ1) is 14.5. The molecule has 2 unspecified atom stereocenters. The molecule has 2 atom stereocenters. The molecule has 1 saturated heterocycles. The number of carbonyl (C=O) groups is 1. The van der Waals surface area contributed by atoms with E-state index >= 15 is 0 Å². The summed E-state index contributed by atoms with van der Waals surface area (Å²) < 4.78 is 4.84. The van der Waals surface area contributed by atoms with Gasteiger partial charge in [0.25, 0.3) is 0 Å². The van der Waals surface area contributed by atoms with E-state index in [4.69, 9.17) is 10.5 Å². The highest BCUT2D eigenvalue weighted by molar-refractivity contribution is 5.76. The second-order valence-electron chi connectivity index (χ2n) is 5.73. The minimum absolute atomic E-state index is 0.138. The van der Waals surface area contributed by atoms with E-state index in [0.717, 1.165) is 32.5 Å². The fourth-order valence-corrected chi connectivity index (χ4v) is 2.60. The van der Waals surface area contributed by atoms with Gasteiger partial charge in [0.1, 0.15) is 0 Å². The summed E-state index contributed by atoms with van der Waals surface area (Å²) in [7, 11) is 1.45. The number of likely N-dealkylation sites (tertiary alicyclic amines) is 1. The monoisotopic (exact) mass is 242 g/mol. The first-order valence-electron chi connectivity index (χ1n) is 6.47. The molecule has 1 aliphatic heterocycles. The predicted molar refractivity (Wildman–Crippen MR) is 68.6 cm³/mol. The third-order valence-electron chi connectivity index (χ3n) is 3.76. The molecule has 1 fully saturated rings. The van der Waals surface area contributed by atoms with Crippen LogP contribution in [0.2, 0.25) is 0 Å². The van der Waals surface area contributed by atoms with Crippen LogP contribution in [-0.4, -0.2) is 43.7 Å². The molecule has 0 aromatic heterocycles. The van der Waals surface area contributed by atoms with Gasteiger partial charge in [-0.15, -0.1) is 0 Å². The number of rotatable bonds is 4. The van der Waals surface area contributed by atoms with Crippen molar-refractivity contribution in [2.24, 2.45) is 17.1 Å². The predicted octanol–water partition coefficient (Wildman–Crippen LogP) is 1.24. The van der Waals surface area contributed by atoms with Gasteiger partial charge in [-0.1, -0.05) is 13.3 Å². The van der Waals surface area contributed by atoms with E-state index in [1.54, 1.807) is 0 Å².